The van der Waals surface area contributed by atoms with Crippen molar-refractivity contribution in [3.63, 3.8) is 0 Å². The summed E-state index contributed by atoms with van der Waals surface area (Å²) in [6.45, 7) is 6.08. The van der Waals surface area contributed by atoms with Gasteiger partial charge in [-0.2, -0.15) is 13.2 Å². The molecule has 5 rings (SSSR count). The number of nitrogens with zero attached hydrogens (tertiary/aromatic N) is 1. The molecule has 5 aromatic rings. The van der Waals surface area contributed by atoms with Crippen molar-refractivity contribution in [2.45, 2.75) is 39.5 Å². The van der Waals surface area contributed by atoms with Crippen molar-refractivity contribution in [2.24, 2.45) is 0 Å². The topological polar surface area (TPSA) is 71.3 Å². The zero-order valence-corrected chi connectivity index (χ0v) is 23.3. The Hall–Kier alpha value is -4.85. The van der Waals surface area contributed by atoms with Gasteiger partial charge < -0.3 is 15.0 Å². The zero-order chi connectivity index (χ0) is 30.2. The number of carbonyl (C=O) groups is 2. The number of hydrogen-bond donors (Lipinski definition) is 2. The number of aromatic carboxylic acids is 1. The van der Waals surface area contributed by atoms with Gasteiger partial charge in [0.15, 0.2) is 0 Å². The van der Waals surface area contributed by atoms with Gasteiger partial charge in [-0.1, -0.05) is 60.7 Å². The standard InChI is InChI=1S/C34H29F3N2O3/c1-20-22(3)39(19-23-12-14-24(15-13-23)27-9-4-5-10-28(27)33(41)42)31-17-16-25(18-29(20)31)32(40)38-21(2)26-8-6-7-11-30(26)34(35,36)37/h4-18,21H,19H2,1-3H3,(H,38,40)(H,41,42)/t21-/m0/s1. The van der Waals surface area contributed by atoms with E-state index in [2.05, 4.69) is 9.88 Å². The van der Waals surface area contributed by atoms with E-state index in [9.17, 15) is 27.9 Å². The van der Waals surface area contributed by atoms with Crippen LogP contribution in [0.1, 0.15) is 61.6 Å². The van der Waals surface area contributed by atoms with Crippen LogP contribution in [0.2, 0.25) is 0 Å². The van der Waals surface area contributed by atoms with E-state index in [1.165, 1.54) is 18.2 Å². The molecule has 2 N–H and O–H groups in total. The van der Waals surface area contributed by atoms with Gasteiger partial charge in [0.2, 0.25) is 0 Å². The van der Waals surface area contributed by atoms with Gasteiger partial charge in [0, 0.05) is 28.7 Å². The molecule has 0 radical (unpaired) electrons. The number of aromatic nitrogens is 1. The van der Waals surface area contributed by atoms with Gasteiger partial charge in [-0.3, -0.25) is 4.79 Å². The number of amides is 1. The molecule has 1 atom stereocenters. The summed E-state index contributed by atoms with van der Waals surface area (Å²) in [6.07, 6.45) is -4.52. The first-order valence-electron chi connectivity index (χ1n) is 13.4. The number of aryl methyl sites for hydroxylation is 1. The molecule has 0 aliphatic heterocycles. The molecule has 42 heavy (non-hydrogen) atoms. The van der Waals surface area contributed by atoms with Gasteiger partial charge in [0.25, 0.3) is 5.91 Å². The van der Waals surface area contributed by atoms with Crippen LogP contribution >= 0.6 is 0 Å². The average molecular weight is 571 g/mol. The summed E-state index contributed by atoms with van der Waals surface area (Å²) in [5.41, 5.74) is 5.28. The van der Waals surface area contributed by atoms with Crippen molar-refractivity contribution < 1.29 is 27.9 Å². The summed E-state index contributed by atoms with van der Waals surface area (Å²) in [7, 11) is 0. The first-order valence-corrected chi connectivity index (χ1v) is 13.4. The Labute approximate surface area is 241 Å². The zero-order valence-electron chi connectivity index (χ0n) is 23.3. The summed E-state index contributed by atoms with van der Waals surface area (Å²) < 4.78 is 42.6. The average Bonchev–Trinajstić information content (AvgIpc) is 3.21. The van der Waals surface area contributed by atoms with Crippen LogP contribution in [-0.4, -0.2) is 21.6 Å². The Morgan fingerprint density at radius 1 is 0.905 bits per heavy atom. The number of carbonyl (C=O) groups excluding carboxylic acids is 1. The van der Waals surface area contributed by atoms with Gasteiger partial charge in [-0.25, -0.2) is 4.79 Å². The van der Waals surface area contributed by atoms with Crippen LogP contribution in [0, 0.1) is 13.8 Å². The predicted octanol–water partition coefficient (Wildman–Crippen LogP) is 8.18. The maximum Gasteiger partial charge on any atom is 0.416 e. The number of rotatable bonds is 7. The molecule has 0 saturated carbocycles. The highest BCUT2D eigenvalue weighted by Gasteiger charge is 2.34. The Kier molecular flexibility index (Phi) is 7.65. The molecule has 0 fully saturated rings. The summed E-state index contributed by atoms with van der Waals surface area (Å²) >= 11 is 0. The first-order chi connectivity index (χ1) is 20.0. The SMILES string of the molecule is Cc1c(C)n(Cc2ccc(-c3ccccc3C(=O)O)cc2)c2ccc(C(=O)N[C@@H](C)c3ccccc3C(F)(F)F)cc12. The van der Waals surface area contributed by atoms with E-state index in [0.717, 1.165) is 39.4 Å². The maximum absolute atomic E-state index is 13.5. The van der Waals surface area contributed by atoms with E-state index >= 15 is 0 Å². The van der Waals surface area contributed by atoms with E-state index in [1.807, 2.05) is 50.2 Å². The number of benzene rings is 4. The van der Waals surface area contributed by atoms with E-state index in [1.54, 1.807) is 37.3 Å². The molecule has 0 saturated heterocycles. The molecule has 0 unspecified atom stereocenters. The van der Waals surface area contributed by atoms with Gasteiger partial charge in [-0.15, -0.1) is 0 Å². The van der Waals surface area contributed by atoms with Crippen LogP contribution in [-0.2, 0) is 12.7 Å². The van der Waals surface area contributed by atoms with Gasteiger partial charge in [-0.05, 0) is 78.9 Å². The Morgan fingerprint density at radius 2 is 1.57 bits per heavy atom. The van der Waals surface area contributed by atoms with Crippen molar-refractivity contribution in [3.8, 4) is 11.1 Å². The number of carboxylic acids is 1. The largest absolute Gasteiger partial charge is 0.478 e. The molecule has 0 spiro atoms. The predicted molar refractivity (Wildman–Crippen MR) is 157 cm³/mol. The molecule has 1 amide bonds. The number of alkyl halides is 3. The lowest BCUT2D eigenvalue weighted by Gasteiger charge is -2.19. The maximum atomic E-state index is 13.5. The van der Waals surface area contributed by atoms with Gasteiger partial charge in [0.1, 0.15) is 0 Å². The molecule has 0 aliphatic carbocycles. The summed E-state index contributed by atoms with van der Waals surface area (Å²) in [5.74, 6) is -1.43. The summed E-state index contributed by atoms with van der Waals surface area (Å²) in [4.78, 5) is 24.7. The Morgan fingerprint density at radius 3 is 2.26 bits per heavy atom. The molecule has 8 heteroatoms. The lowest BCUT2D eigenvalue weighted by Crippen LogP contribution is -2.28. The monoisotopic (exact) mass is 570 g/mol. The van der Waals surface area contributed by atoms with Crippen LogP contribution in [0.15, 0.2) is 91.0 Å². The molecule has 1 heterocycles. The number of hydrogen-bond acceptors (Lipinski definition) is 2. The molecule has 0 bridgehead atoms. The van der Waals surface area contributed by atoms with Gasteiger partial charge >= 0.3 is 12.1 Å². The van der Waals surface area contributed by atoms with E-state index < -0.39 is 29.7 Å². The fourth-order valence-electron chi connectivity index (χ4n) is 5.38. The van der Waals surface area contributed by atoms with Crippen molar-refractivity contribution >= 4 is 22.8 Å². The summed E-state index contributed by atoms with van der Waals surface area (Å²) in [5, 5.41) is 13.1. The van der Waals surface area contributed by atoms with E-state index in [-0.39, 0.29) is 11.1 Å². The number of carboxylic acid groups (broad SMARTS) is 1. The van der Waals surface area contributed by atoms with Crippen molar-refractivity contribution in [1.29, 1.82) is 0 Å². The number of nitrogens with one attached hydrogen (secondary N) is 1. The highest BCUT2D eigenvalue weighted by molar-refractivity contribution is 5.99. The second-order valence-electron chi connectivity index (χ2n) is 10.4. The van der Waals surface area contributed by atoms with E-state index in [4.69, 9.17) is 0 Å². The van der Waals surface area contributed by atoms with Crippen LogP contribution in [0.4, 0.5) is 13.2 Å². The second kappa shape index (κ2) is 11.2. The fraction of sp³-hybridized carbons (Fsp3) is 0.176. The minimum Gasteiger partial charge on any atom is -0.478 e. The quantitative estimate of drug-likeness (QED) is 0.207. The van der Waals surface area contributed by atoms with Gasteiger partial charge in [0.05, 0.1) is 17.2 Å². The van der Waals surface area contributed by atoms with E-state index in [0.29, 0.717) is 17.7 Å². The first kappa shape index (κ1) is 28.7. The molecule has 214 valence electrons. The van der Waals surface area contributed by atoms with Crippen molar-refractivity contribution in [1.82, 2.24) is 9.88 Å². The van der Waals surface area contributed by atoms with Crippen LogP contribution < -0.4 is 5.32 Å². The number of halogens is 3. The third-order valence-corrected chi connectivity index (χ3v) is 7.74. The smallest absolute Gasteiger partial charge is 0.416 e. The molecule has 0 aliphatic rings. The van der Waals surface area contributed by atoms with Crippen LogP contribution in [0.3, 0.4) is 0 Å². The lowest BCUT2D eigenvalue weighted by atomic mass is 9.99. The molecular formula is C34H29F3N2O3. The third kappa shape index (κ3) is 5.52. The molecule has 5 nitrogen and oxygen atoms in total. The Balaban J connectivity index is 1.39. The molecular weight excluding hydrogens is 541 g/mol. The fourth-order valence-corrected chi connectivity index (χ4v) is 5.38. The molecule has 4 aromatic carbocycles. The highest BCUT2D eigenvalue weighted by atomic mass is 19.4. The second-order valence-corrected chi connectivity index (χ2v) is 10.4. The minimum absolute atomic E-state index is 0.00933. The van der Waals surface area contributed by atoms with Crippen molar-refractivity contribution in [3.05, 3.63) is 130 Å². The Bertz CT molecular complexity index is 1800. The van der Waals surface area contributed by atoms with Crippen molar-refractivity contribution in [2.75, 3.05) is 0 Å². The summed E-state index contributed by atoms with van der Waals surface area (Å²) in [6, 6.07) is 24.4. The minimum atomic E-state index is -4.52. The normalized spacial score (nSPS) is 12.3. The number of fused-ring (bicyclic) bond motifs is 1. The third-order valence-electron chi connectivity index (χ3n) is 7.74. The highest BCUT2D eigenvalue weighted by Crippen LogP contribution is 2.35. The van der Waals surface area contributed by atoms with Crippen LogP contribution in [0.5, 0.6) is 0 Å². The van der Waals surface area contributed by atoms with Crippen LogP contribution in [0.25, 0.3) is 22.0 Å². The lowest BCUT2D eigenvalue weighted by molar-refractivity contribution is -0.138. The molecule has 1 aromatic heterocycles.